The van der Waals surface area contributed by atoms with Gasteiger partial charge in [0, 0.05) is 24.2 Å². The van der Waals surface area contributed by atoms with Crippen molar-refractivity contribution in [3.8, 4) is 0 Å². The van der Waals surface area contributed by atoms with Gasteiger partial charge in [-0.25, -0.2) is 0 Å². The molecule has 0 amide bonds. The maximum Gasteiger partial charge on any atom is 0.230 e. The number of halogens is 2. The lowest BCUT2D eigenvalue weighted by Gasteiger charge is -2.38. The van der Waals surface area contributed by atoms with Crippen LogP contribution in [0.25, 0.3) is 0 Å². The van der Waals surface area contributed by atoms with E-state index in [1.54, 1.807) is 0 Å². The molecule has 0 bridgehead atoms. The summed E-state index contributed by atoms with van der Waals surface area (Å²) in [6, 6.07) is 1.45. The van der Waals surface area contributed by atoms with Crippen molar-refractivity contribution in [1.29, 1.82) is 0 Å². The van der Waals surface area contributed by atoms with Gasteiger partial charge in [-0.3, -0.25) is 9.80 Å². The highest BCUT2D eigenvalue weighted by Gasteiger charge is 2.54. The van der Waals surface area contributed by atoms with Gasteiger partial charge in [0.1, 0.15) is 0 Å². The Morgan fingerprint density at radius 1 is 0.867 bits per heavy atom. The first-order chi connectivity index (χ1) is 6.71. The Kier molecular flexibility index (Phi) is 3.98. The van der Waals surface area contributed by atoms with E-state index in [1.807, 2.05) is 0 Å². The van der Waals surface area contributed by atoms with E-state index in [2.05, 4.69) is 51.3 Å². The normalized spacial score (nSPS) is 33.2. The molecule has 0 N–H and O–H groups in total. The zero-order chi connectivity index (χ0) is 12.0. The van der Waals surface area contributed by atoms with Crippen LogP contribution in [0.5, 0.6) is 0 Å². The van der Waals surface area contributed by atoms with Gasteiger partial charge in [-0.05, 0) is 41.5 Å². The lowest BCUT2D eigenvalue weighted by Crippen LogP contribution is -2.50. The molecule has 1 rings (SSSR count). The van der Waals surface area contributed by atoms with Crippen LogP contribution in [0.4, 0.5) is 0 Å². The van der Waals surface area contributed by atoms with E-state index in [0.717, 1.165) is 0 Å². The Morgan fingerprint density at radius 2 is 1.13 bits per heavy atom. The van der Waals surface area contributed by atoms with Crippen LogP contribution >= 0.6 is 23.2 Å². The van der Waals surface area contributed by atoms with Gasteiger partial charge in [0.2, 0.25) is 4.58 Å². The third-order valence-electron chi connectivity index (χ3n) is 3.31. The van der Waals surface area contributed by atoms with Crippen molar-refractivity contribution in [1.82, 2.24) is 9.80 Å². The fourth-order valence-corrected chi connectivity index (χ4v) is 4.05. The lowest BCUT2D eigenvalue weighted by molar-refractivity contribution is 0.0994. The van der Waals surface area contributed by atoms with E-state index in [4.69, 9.17) is 23.2 Å². The Labute approximate surface area is 104 Å². The highest BCUT2D eigenvalue weighted by molar-refractivity contribution is 6.47. The van der Waals surface area contributed by atoms with Gasteiger partial charge in [-0.2, -0.15) is 0 Å². The van der Waals surface area contributed by atoms with E-state index >= 15 is 0 Å². The summed E-state index contributed by atoms with van der Waals surface area (Å²) in [7, 11) is 0. The second kappa shape index (κ2) is 4.40. The van der Waals surface area contributed by atoms with Crippen molar-refractivity contribution in [2.75, 3.05) is 0 Å². The molecule has 1 fully saturated rings. The monoisotopic (exact) mass is 252 g/mol. The molecule has 0 aliphatic carbocycles. The molecule has 1 saturated heterocycles. The number of hydrogen-bond acceptors (Lipinski definition) is 2. The second-order valence-corrected chi connectivity index (χ2v) is 6.24. The number of rotatable bonds is 2. The van der Waals surface area contributed by atoms with Gasteiger partial charge < -0.3 is 0 Å². The molecule has 1 aliphatic rings. The summed E-state index contributed by atoms with van der Waals surface area (Å²) < 4.78 is -0.874. The molecule has 0 aromatic heterocycles. The maximum atomic E-state index is 6.50. The molecule has 0 radical (unpaired) electrons. The van der Waals surface area contributed by atoms with Crippen molar-refractivity contribution in [2.45, 2.75) is 70.3 Å². The second-order valence-electron chi connectivity index (χ2n) is 4.99. The molecule has 2 atom stereocenters. The van der Waals surface area contributed by atoms with Crippen molar-refractivity contribution >= 4 is 23.2 Å². The summed E-state index contributed by atoms with van der Waals surface area (Å²) in [5.74, 6) is 0. The largest absolute Gasteiger partial charge is 0.253 e. The molecule has 90 valence electrons. The molecular formula is C11H22Cl2N2. The maximum absolute atomic E-state index is 6.50. The van der Waals surface area contributed by atoms with Gasteiger partial charge in [-0.15, -0.1) is 0 Å². The summed E-state index contributed by atoms with van der Waals surface area (Å²) in [5, 5.41) is 0. The average Bonchev–Trinajstić information content (AvgIpc) is 2.17. The summed E-state index contributed by atoms with van der Waals surface area (Å²) >= 11 is 13.0. The molecule has 0 saturated carbocycles. The van der Waals surface area contributed by atoms with Crippen molar-refractivity contribution in [3.05, 3.63) is 0 Å². The minimum Gasteiger partial charge on any atom is -0.253 e. The summed E-state index contributed by atoms with van der Waals surface area (Å²) in [6.07, 6.45) is 0. The first-order valence-corrected chi connectivity index (χ1v) is 6.41. The van der Waals surface area contributed by atoms with E-state index < -0.39 is 4.58 Å². The van der Waals surface area contributed by atoms with Crippen molar-refractivity contribution < 1.29 is 0 Å². The molecule has 0 aromatic rings. The van der Waals surface area contributed by atoms with E-state index in [9.17, 15) is 0 Å². The van der Waals surface area contributed by atoms with Crippen LogP contribution < -0.4 is 0 Å². The minimum absolute atomic E-state index is 0.348. The molecule has 0 aromatic carbocycles. The Hall–Kier alpha value is 0.500. The van der Waals surface area contributed by atoms with Crippen LogP contribution in [0.3, 0.4) is 0 Å². The molecule has 15 heavy (non-hydrogen) atoms. The van der Waals surface area contributed by atoms with Crippen LogP contribution in [0.2, 0.25) is 0 Å². The van der Waals surface area contributed by atoms with E-state index in [0.29, 0.717) is 24.2 Å². The SMILES string of the molecule is CC(C)N1C(C)C(C)N(C(C)C)C1(Cl)Cl. The highest BCUT2D eigenvalue weighted by atomic mass is 35.5. The van der Waals surface area contributed by atoms with Gasteiger partial charge in [0.15, 0.2) is 0 Å². The quantitative estimate of drug-likeness (QED) is 0.550. The van der Waals surface area contributed by atoms with Crippen LogP contribution in [-0.2, 0) is 0 Å². The fraction of sp³-hybridized carbons (Fsp3) is 1.00. The molecule has 2 nitrogen and oxygen atoms in total. The topological polar surface area (TPSA) is 6.48 Å². The first-order valence-electron chi connectivity index (χ1n) is 5.66. The highest BCUT2D eigenvalue weighted by Crippen LogP contribution is 2.44. The van der Waals surface area contributed by atoms with Gasteiger partial charge in [0.05, 0.1) is 0 Å². The summed E-state index contributed by atoms with van der Waals surface area (Å²) in [4.78, 5) is 4.33. The van der Waals surface area contributed by atoms with Crippen molar-refractivity contribution in [3.63, 3.8) is 0 Å². The number of hydrogen-bond donors (Lipinski definition) is 0. The molecule has 1 aliphatic heterocycles. The van der Waals surface area contributed by atoms with E-state index in [-0.39, 0.29) is 0 Å². The minimum atomic E-state index is -0.874. The molecule has 2 unspecified atom stereocenters. The standard InChI is InChI=1S/C11H22Cl2N2/c1-7(2)14-9(5)10(6)15(8(3)4)11(14,12)13/h7-10H,1-6H3. The van der Waals surface area contributed by atoms with Crippen LogP contribution in [0.15, 0.2) is 0 Å². The molecule has 0 spiro atoms. The fourth-order valence-electron chi connectivity index (χ4n) is 2.65. The van der Waals surface area contributed by atoms with E-state index in [1.165, 1.54) is 0 Å². The van der Waals surface area contributed by atoms with Crippen LogP contribution in [0.1, 0.15) is 41.5 Å². The predicted octanol–water partition coefficient (Wildman–Crippen LogP) is 3.29. The lowest BCUT2D eigenvalue weighted by atomic mass is 10.1. The third kappa shape index (κ3) is 2.14. The predicted molar refractivity (Wildman–Crippen MR) is 67.3 cm³/mol. The summed E-state index contributed by atoms with van der Waals surface area (Å²) in [6.45, 7) is 12.9. The van der Waals surface area contributed by atoms with Gasteiger partial charge in [0.25, 0.3) is 0 Å². The van der Waals surface area contributed by atoms with Crippen LogP contribution in [0, 0.1) is 0 Å². The zero-order valence-electron chi connectivity index (χ0n) is 10.5. The zero-order valence-corrected chi connectivity index (χ0v) is 12.0. The average molecular weight is 253 g/mol. The van der Waals surface area contributed by atoms with Gasteiger partial charge in [-0.1, -0.05) is 23.2 Å². The Bertz CT molecular complexity index is 207. The summed E-state index contributed by atoms with van der Waals surface area (Å²) in [5.41, 5.74) is 0. The van der Waals surface area contributed by atoms with Crippen LogP contribution in [-0.4, -0.2) is 38.5 Å². The number of alkyl halides is 2. The third-order valence-corrected chi connectivity index (χ3v) is 4.09. The molecule has 4 heteroatoms. The van der Waals surface area contributed by atoms with Crippen molar-refractivity contribution in [2.24, 2.45) is 0 Å². The first kappa shape index (κ1) is 13.6. The van der Waals surface area contributed by atoms with Gasteiger partial charge >= 0.3 is 0 Å². The molecular weight excluding hydrogens is 231 g/mol. The molecule has 1 heterocycles. The Balaban J connectivity index is 3.04. The smallest absolute Gasteiger partial charge is 0.230 e. The Morgan fingerprint density at radius 3 is 1.27 bits per heavy atom. The number of nitrogens with zero attached hydrogens (tertiary/aromatic N) is 2.